The number of thiophene rings is 1. The van der Waals surface area contributed by atoms with E-state index in [-0.39, 0.29) is 11.6 Å². The Balaban J connectivity index is 1.31. The highest BCUT2D eigenvalue weighted by Gasteiger charge is 2.25. The maximum absolute atomic E-state index is 12.9. The molecule has 0 spiro atoms. The number of carbonyl (C=O) groups is 1. The van der Waals surface area contributed by atoms with E-state index < -0.39 is 0 Å². The maximum Gasteiger partial charge on any atom is 0.323 e. The van der Waals surface area contributed by atoms with Crippen LogP contribution in [0.15, 0.2) is 29.2 Å². The number of aromatic amines is 2. The monoisotopic (exact) mass is 518 g/mol. The Hall–Kier alpha value is -3.70. The fraction of sp³-hybridized carbons (Fsp3) is 0.385. The minimum absolute atomic E-state index is 0.0469. The fourth-order valence-corrected chi connectivity index (χ4v) is 5.78. The predicted molar refractivity (Wildman–Crippen MR) is 145 cm³/mol. The molecule has 5 heterocycles. The lowest BCUT2D eigenvalue weighted by Crippen LogP contribution is -2.39. The SMILES string of the molecule is C=c1[nH]c(=O)[nH]/c1=C\c1cnn2c(NC3CC3)cc(-c3ccc(C(=O)NC[C@@H]4CCCN4CC)s3)nc12. The first-order valence-electron chi connectivity index (χ1n) is 12.7. The molecule has 2 aliphatic rings. The Labute approximate surface area is 217 Å². The van der Waals surface area contributed by atoms with Crippen LogP contribution in [0.1, 0.15) is 47.8 Å². The molecule has 1 saturated carbocycles. The van der Waals surface area contributed by atoms with Crippen LogP contribution in [0.5, 0.6) is 0 Å². The van der Waals surface area contributed by atoms with Crippen molar-refractivity contribution in [2.75, 3.05) is 25.0 Å². The number of hydrogen-bond donors (Lipinski definition) is 4. The first-order chi connectivity index (χ1) is 18.0. The van der Waals surface area contributed by atoms with Gasteiger partial charge in [0, 0.05) is 30.3 Å². The van der Waals surface area contributed by atoms with Crippen molar-refractivity contribution in [3.63, 3.8) is 0 Å². The summed E-state index contributed by atoms with van der Waals surface area (Å²) in [7, 11) is 0. The van der Waals surface area contributed by atoms with Crippen molar-refractivity contribution in [1.82, 2.24) is 34.8 Å². The van der Waals surface area contributed by atoms with Gasteiger partial charge in [-0.25, -0.2) is 9.78 Å². The molecule has 11 heteroatoms. The summed E-state index contributed by atoms with van der Waals surface area (Å²) < 4.78 is 1.78. The van der Waals surface area contributed by atoms with Crippen LogP contribution in [0.2, 0.25) is 0 Å². The van der Waals surface area contributed by atoms with Gasteiger partial charge < -0.3 is 20.6 Å². The van der Waals surface area contributed by atoms with Crippen molar-refractivity contribution in [1.29, 1.82) is 0 Å². The van der Waals surface area contributed by atoms with Gasteiger partial charge in [-0.05, 0) is 57.0 Å². The molecule has 1 aliphatic heterocycles. The smallest absolute Gasteiger partial charge is 0.323 e. The summed E-state index contributed by atoms with van der Waals surface area (Å²) in [6.45, 7) is 8.84. The number of H-pyrrole nitrogens is 2. The normalized spacial score (nSPS) is 18.6. The molecule has 1 atom stereocenters. The number of imidazole rings is 1. The zero-order valence-electron chi connectivity index (χ0n) is 20.7. The fourth-order valence-electron chi connectivity index (χ4n) is 4.90. The molecular weight excluding hydrogens is 488 g/mol. The van der Waals surface area contributed by atoms with Crippen LogP contribution in [0.3, 0.4) is 0 Å². The molecule has 6 rings (SSSR count). The van der Waals surface area contributed by atoms with Crippen LogP contribution >= 0.6 is 11.3 Å². The second-order valence-electron chi connectivity index (χ2n) is 9.69. The topological polar surface area (TPSA) is 123 Å². The highest BCUT2D eigenvalue weighted by molar-refractivity contribution is 7.17. The molecule has 0 radical (unpaired) electrons. The largest absolute Gasteiger partial charge is 0.367 e. The number of nitrogens with one attached hydrogen (secondary N) is 4. The number of fused-ring (bicyclic) bond motifs is 1. The summed E-state index contributed by atoms with van der Waals surface area (Å²) in [5.74, 6) is 0.800. The first-order valence-corrected chi connectivity index (χ1v) is 13.6. The Bertz CT molecular complexity index is 1630. The molecule has 0 unspecified atom stereocenters. The molecule has 4 aromatic heterocycles. The quantitative estimate of drug-likeness (QED) is 0.280. The minimum atomic E-state index is -0.308. The summed E-state index contributed by atoms with van der Waals surface area (Å²) in [4.78, 5) is 38.9. The van der Waals surface area contributed by atoms with Gasteiger partial charge >= 0.3 is 5.69 Å². The molecule has 4 aromatic rings. The number of carbonyl (C=O) groups excluding carboxylic acids is 1. The third-order valence-corrected chi connectivity index (χ3v) is 8.16. The number of amides is 1. The van der Waals surface area contributed by atoms with E-state index in [0.717, 1.165) is 54.3 Å². The molecule has 1 aliphatic carbocycles. The maximum atomic E-state index is 12.9. The lowest BCUT2D eigenvalue weighted by molar-refractivity contribution is 0.0945. The van der Waals surface area contributed by atoms with Crippen LogP contribution in [0.4, 0.5) is 5.82 Å². The number of aromatic nitrogens is 5. The predicted octanol–water partition coefficient (Wildman–Crippen LogP) is 1.50. The number of likely N-dealkylation sites (tertiary alicyclic amines) is 1. The Morgan fingerprint density at radius 1 is 1.30 bits per heavy atom. The van der Waals surface area contributed by atoms with E-state index in [2.05, 4.69) is 44.1 Å². The zero-order valence-corrected chi connectivity index (χ0v) is 21.5. The van der Waals surface area contributed by atoms with Crippen LogP contribution in [-0.2, 0) is 0 Å². The molecule has 1 saturated heterocycles. The summed E-state index contributed by atoms with van der Waals surface area (Å²) in [5.41, 5.74) is 1.87. The summed E-state index contributed by atoms with van der Waals surface area (Å²) >= 11 is 1.43. The zero-order chi connectivity index (χ0) is 25.5. The highest BCUT2D eigenvalue weighted by Crippen LogP contribution is 2.32. The lowest BCUT2D eigenvalue weighted by Gasteiger charge is -2.22. The summed E-state index contributed by atoms with van der Waals surface area (Å²) in [6, 6.07) is 6.64. The van der Waals surface area contributed by atoms with E-state index in [1.807, 2.05) is 24.3 Å². The van der Waals surface area contributed by atoms with E-state index in [1.54, 1.807) is 10.7 Å². The Kier molecular flexibility index (Phi) is 6.17. The third-order valence-electron chi connectivity index (χ3n) is 7.05. The molecule has 2 fully saturated rings. The number of nitrogens with zero attached hydrogens (tertiary/aromatic N) is 4. The van der Waals surface area contributed by atoms with Gasteiger partial charge in [0.25, 0.3) is 5.91 Å². The minimum Gasteiger partial charge on any atom is -0.367 e. The van der Waals surface area contributed by atoms with Gasteiger partial charge in [-0.15, -0.1) is 11.3 Å². The van der Waals surface area contributed by atoms with Crippen molar-refractivity contribution in [2.24, 2.45) is 0 Å². The van der Waals surface area contributed by atoms with Crippen molar-refractivity contribution in [2.45, 2.75) is 44.7 Å². The van der Waals surface area contributed by atoms with Gasteiger partial charge in [0.1, 0.15) is 5.82 Å². The molecule has 192 valence electrons. The summed E-state index contributed by atoms with van der Waals surface area (Å²) in [5, 5.41) is 12.3. The number of rotatable bonds is 8. The van der Waals surface area contributed by atoms with Crippen molar-refractivity contribution in [3.05, 3.63) is 56.0 Å². The molecular formula is C26H30N8O2S. The van der Waals surface area contributed by atoms with E-state index in [1.165, 1.54) is 17.8 Å². The van der Waals surface area contributed by atoms with Gasteiger partial charge in [-0.2, -0.15) is 9.61 Å². The molecule has 0 aromatic carbocycles. The second-order valence-corrected chi connectivity index (χ2v) is 10.8. The van der Waals surface area contributed by atoms with Crippen LogP contribution in [0.25, 0.3) is 28.9 Å². The molecule has 37 heavy (non-hydrogen) atoms. The second kappa shape index (κ2) is 9.64. The third kappa shape index (κ3) is 4.84. The molecule has 4 N–H and O–H groups in total. The molecule has 0 bridgehead atoms. The lowest BCUT2D eigenvalue weighted by atomic mass is 10.2. The molecule has 10 nitrogen and oxygen atoms in total. The highest BCUT2D eigenvalue weighted by atomic mass is 32.1. The van der Waals surface area contributed by atoms with E-state index in [0.29, 0.717) is 39.9 Å². The van der Waals surface area contributed by atoms with Gasteiger partial charge in [-0.3, -0.25) is 9.69 Å². The first kappa shape index (κ1) is 23.7. The van der Waals surface area contributed by atoms with Crippen LogP contribution in [0, 0.1) is 0 Å². The van der Waals surface area contributed by atoms with Crippen molar-refractivity contribution < 1.29 is 4.79 Å². The molecule has 1 amide bonds. The van der Waals surface area contributed by atoms with Gasteiger partial charge in [0.15, 0.2) is 5.65 Å². The van der Waals surface area contributed by atoms with E-state index in [4.69, 9.17) is 4.98 Å². The number of hydrogen-bond acceptors (Lipinski definition) is 7. The average Bonchev–Trinajstić information content (AvgIpc) is 3.28. The van der Waals surface area contributed by atoms with E-state index >= 15 is 0 Å². The average molecular weight is 519 g/mol. The number of likely N-dealkylation sites (N-methyl/N-ethyl adjacent to an activating group) is 1. The Morgan fingerprint density at radius 3 is 2.92 bits per heavy atom. The Morgan fingerprint density at radius 2 is 2.16 bits per heavy atom. The van der Waals surface area contributed by atoms with Crippen molar-refractivity contribution >= 4 is 41.4 Å². The van der Waals surface area contributed by atoms with Gasteiger partial charge in [0.2, 0.25) is 0 Å². The van der Waals surface area contributed by atoms with Crippen LogP contribution in [-0.4, -0.2) is 67.1 Å². The van der Waals surface area contributed by atoms with E-state index in [9.17, 15) is 9.59 Å². The van der Waals surface area contributed by atoms with Gasteiger partial charge in [0.05, 0.1) is 32.3 Å². The van der Waals surface area contributed by atoms with Crippen molar-refractivity contribution in [3.8, 4) is 10.6 Å². The standard InChI is InChI=1S/C26H30N8O2S/c1-3-33-10-4-5-18(33)14-27-25(35)22-9-8-21(37-22)20-12-23(30-17-6-7-17)34-24(31-20)16(13-28-34)11-19-15(2)29-26(36)32-19/h8-9,11-13,17-18,30H,2-7,10,14H2,1H3,(H,27,35)(H2,29,32,36)/b19-11-/t18-/m0/s1. The summed E-state index contributed by atoms with van der Waals surface area (Å²) in [6.07, 6.45) is 8.10. The van der Waals surface area contributed by atoms with Gasteiger partial charge in [-0.1, -0.05) is 13.5 Å². The number of anilines is 1. The van der Waals surface area contributed by atoms with Crippen LogP contribution < -0.4 is 27.0 Å².